The highest BCUT2D eigenvalue weighted by Crippen LogP contribution is 2.21. The summed E-state index contributed by atoms with van der Waals surface area (Å²) in [7, 11) is 0. The Bertz CT molecular complexity index is 662. The molecule has 0 aliphatic carbocycles. The summed E-state index contributed by atoms with van der Waals surface area (Å²) in [5, 5.41) is 10.2. The molecule has 2 aromatic heterocycles. The molecule has 0 saturated carbocycles. The van der Waals surface area contributed by atoms with Gasteiger partial charge in [0, 0.05) is 0 Å². The van der Waals surface area contributed by atoms with E-state index in [0.717, 1.165) is 5.75 Å². The maximum atomic E-state index is 5.67. The Morgan fingerprint density at radius 2 is 2.11 bits per heavy atom. The Kier molecular flexibility index (Phi) is 2.85. The molecule has 7 heteroatoms. The van der Waals surface area contributed by atoms with Crippen molar-refractivity contribution in [3.8, 4) is 17.2 Å². The van der Waals surface area contributed by atoms with E-state index in [9.17, 15) is 0 Å². The second-order valence-electron chi connectivity index (χ2n) is 3.81. The highest BCUT2D eigenvalue weighted by Gasteiger charge is 2.13. The quantitative estimate of drug-likeness (QED) is 0.736. The molecule has 0 spiro atoms. The first kappa shape index (κ1) is 11.3. The number of anilines is 1. The van der Waals surface area contributed by atoms with Gasteiger partial charge in [-0.15, -0.1) is 0 Å². The van der Waals surface area contributed by atoms with E-state index in [0.29, 0.717) is 23.1 Å². The lowest BCUT2D eigenvalue weighted by atomic mass is 10.3. The van der Waals surface area contributed by atoms with Gasteiger partial charge in [0.15, 0.2) is 6.61 Å². The molecule has 3 rings (SSSR count). The monoisotopic (exact) mass is 257 g/mol. The molecule has 19 heavy (non-hydrogen) atoms. The van der Waals surface area contributed by atoms with Crippen LogP contribution in [0.15, 0.2) is 41.1 Å². The van der Waals surface area contributed by atoms with Crippen molar-refractivity contribution in [3.63, 3.8) is 0 Å². The van der Waals surface area contributed by atoms with Crippen molar-refractivity contribution in [2.24, 2.45) is 0 Å². The van der Waals surface area contributed by atoms with Gasteiger partial charge in [-0.1, -0.05) is 23.4 Å². The molecule has 0 saturated heterocycles. The van der Waals surface area contributed by atoms with E-state index in [1.54, 1.807) is 0 Å². The number of rotatable bonds is 4. The number of benzene rings is 1. The molecular weight excluding hydrogens is 246 g/mol. The van der Waals surface area contributed by atoms with Crippen LogP contribution in [0.1, 0.15) is 5.82 Å². The fraction of sp³-hybridized carbons (Fsp3) is 0.0833. The highest BCUT2D eigenvalue weighted by molar-refractivity contribution is 5.65. The summed E-state index contributed by atoms with van der Waals surface area (Å²) in [5.74, 6) is 1.90. The van der Waals surface area contributed by atoms with Gasteiger partial charge in [-0.2, -0.15) is 10.1 Å². The van der Waals surface area contributed by atoms with Gasteiger partial charge < -0.3 is 15.0 Å². The highest BCUT2D eigenvalue weighted by atomic mass is 16.5. The van der Waals surface area contributed by atoms with E-state index in [2.05, 4.69) is 20.3 Å². The van der Waals surface area contributed by atoms with Crippen LogP contribution >= 0.6 is 0 Å². The normalized spacial score (nSPS) is 10.5. The molecule has 0 aliphatic heterocycles. The summed E-state index contributed by atoms with van der Waals surface area (Å²) in [6, 6.07) is 9.41. The molecule has 0 radical (unpaired) electrons. The molecule has 3 N–H and O–H groups in total. The van der Waals surface area contributed by atoms with Crippen LogP contribution in [-0.4, -0.2) is 20.3 Å². The minimum Gasteiger partial charge on any atom is -0.485 e. The van der Waals surface area contributed by atoms with Crippen molar-refractivity contribution >= 4 is 5.82 Å². The second kappa shape index (κ2) is 4.81. The SMILES string of the molecule is Nc1[nH]ncc1-c1nc(COc2ccccc2)no1. The number of H-pyrrole nitrogens is 1. The molecule has 2 heterocycles. The molecule has 0 unspecified atom stereocenters. The standard InChI is InChI=1S/C12H11N5O2/c13-11-9(6-14-16-11)12-15-10(17-19-12)7-18-8-4-2-1-3-5-8/h1-6H,7H2,(H3,13,14,16). The van der Waals surface area contributed by atoms with E-state index >= 15 is 0 Å². The van der Waals surface area contributed by atoms with Crippen LogP contribution in [0.2, 0.25) is 0 Å². The van der Waals surface area contributed by atoms with Gasteiger partial charge in [0.25, 0.3) is 5.89 Å². The van der Waals surface area contributed by atoms with E-state index in [4.69, 9.17) is 15.0 Å². The third-order valence-corrected chi connectivity index (χ3v) is 2.48. The Balaban J connectivity index is 1.71. The lowest BCUT2D eigenvalue weighted by molar-refractivity contribution is 0.287. The summed E-state index contributed by atoms with van der Waals surface area (Å²) in [5.41, 5.74) is 6.25. The molecular formula is C12H11N5O2. The molecule has 0 atom stereocenters. The Labute approximate surface area is 108 Å². The van der Waals surface area contributed by atoms with Crippen molar-refractivity contribution in [2.75, 3.05) is 5.73 Å². The lowest BCUT2D eigenvalue weighted by Crippen LogP contribution is -1.97. The van der Waals surface area contributed by atoms with Crippen molar-refractivity contribution in [3.05, 3.63) is 42.4 Å². The van der Waals surface area contributed by atoms with Gasteiger partial charge in [-0.3, -0.25) is 5.10 Å². The number of aromatic amines is 1. The summed E-state index contributed by atoms with van der Waals surface area (Å²) >= 11 is 0. The number of hydrogen-bond donors (Lipinski definition) is 2. The van der Waals surface area contributed by atoms with Crippen LogP contribution in [0.5, 0.6) is 5.75 Å². The van der Waals surface area contributed by atoms with Gasteiger partial charge in [0.1, 0.15) is 17.1 Å². The zero-order valence-corrected chi connectivity index (χ0v) is 9.91. The van der Waals surface area contributed by atoms with E-state index in [1.165, 1.54) is 6.20 Å². The number of hydrogen-bond acceptors (Lipinski definition) is 6. The summed E-state index contributed by atoms with van der Waals surface area (Å²) in [4.78, 5) is 4.19. The maximum Gasteiger partial charge on any atom is 0.263 e. The third kappa shape index (κ3) is 2.39. The summed E-state index contributed by atoms with van der Waals surface area (Å²) in [6.45, 7) is 0.227. The second-order valence-corrected chi connectivity index (χ2v) is 3.81. The predicted molar refractivity (Wildman–Crippen MR) is 67.1 cm³/mol. The molecule has 96 valence electrons. The van der Waals surface area contributed by atoms with Crippen LogP contribution in [0, 0.1) is 0 Å². The van der Waals surface area contributed by atoms with Gasteiger partial charge in [-0.05, 0) is 12.1 Å². The molecule has 3 aromatic rings. The topological polar surface area (TPSA) is 103 Å². The number of nitrogens with two attached hydrogens (primary N) is 1. The van der Waals surface area contributed by atoms with Gasteiger partial charge in [0.05, 0.1) is 6.20 Å². The zero-order chi connectivity index (χ0) is 13.1. The number of para-hydroxylation sites is 1. The first-order valence-corrected chi connectivity index (χ1v) is 5.62. The van der Waals surface area contributed by atoms with Crippen molar-refractivity contribution < 1.29 is 9.26 Å². The van der Waals surface area contributed by atoms with E-state index < -0.39 is 0 Å². The molecule has 7 nitrogen and oxygen atoms in total. The van der Waals surface area contributed by atoms with Crippen LogP contribution in [0.25, 0.3) is 11.5 Å². The number of nitrogens with one attached hydrogen (secondary N) is 1. The average molecular weight is 257 g/mol. The zero-order valence-electron chi connectivity index (χ0n) is 9.91. The number of nitrogen functional groups attached to an aromatic ring is 1. The largest absolute Gasteiger partial charge is 0.485 e. The van der Waals surface area contributed by atoms with Crippen LogP contribution in [0.3, 0.4) is 0 Å². The summed E-state index contributed by atoms with van der Waals surface area (Å²) in [6.07, 6.45) is 1.53. The van der Waals surface area contributed by atoms with Gasteiger partial charge in [0.2, 0.25) is 5.82 Å². The first-order chi connectivity index (χ1) is 9.33. The Morgan fingerprint density at radius 3 is 2.84 bits per heavy atom. The average Bonchev–Trinajstić information content (AvgIpc) is 3.06. The molecule has 0 fully saturated rings. The first-order valence-electron chi connectivity index (χ1n) is 5.62. The predicted octanol–water partition coefficient (Wildman–Crippen LogP) is 1.62. The maximum absolute atomic E-state index is 5.67. The summed E-state index contributed by atoms with van der Waals surface area (Å²) < 4.78 is 10.6. The van der Waals surface area contributed by atoms with Crippen molar-refractivity contribution in [2.45, 2.75) is 6.61 Å². The third-order valence-electron chi connectivity index (χ3n) is 2.48. The fourth-order valence-electron chi connectivity index (χ4n) is 1.55. The smallest absolute Gasteiger partial charge is 0.263 e. The van der Waals surface area contributed by atoms with E-state index in [-0.39, 0.29) is 6.61 Å². The molecule has 0 aliphatic rings. The van der Waals surface area contributed by atoms with Crippen LogP contribution in [-0.2, 0) is 6.61 Å². The Morgan fingerprint density at radius 1 is 1.26 bits per heavy atom. The fourth-order valence-corrected chi connectivity index (χ4v) is 1.55. The molecule has 0 bridgehead atoms. The van der Waals surface area contributed by atoms with Crippen LogP contribution in [0.4, 0.5) is 5.82 Å². The lowest BCUT2D eigenvalue weighted by Gasteiger charge is -2.01. The van der Waals surface area contributed by atoms with Crippen molar-refractivity contribution in [1.29, 1.82) is 0 Å². The Hall–Kier alpha value is -2.83. The van der Waals surface area contributed by atoms with Gasteiger partial charge in [-0.25, -0.2) is 0 Å². The van der Waals surface area contributed by atoms with Gasteiger partial charge >= 0.3 is 0 Å². The number of nitrogens with zero attached hydrogens (tertiary/aromatic N) is 3. The minimum absolute atomic E-state index is 0.227. The minimum atomic E-state index is 0.227. The molecule has 0 amide bonds. The number of aromatic nitrogens is 4. The number of ether oxygens (including phenoxy) is 1. The van der Waals surface area contributed by atoms with Crippen molar-refractivity contribution in [1.82, 2.24) is 20.3 Å². The van der Waals surface area contributed by atoms with Crippen LogP contribution < -0.4 is 10.5 Å². The molecule has 1 aromatic carbocycles. The van der Waals surface area contributed by atoms with E-state index in [1.807, 2.05) is 30.3 Å².